The minimum absolute atomic E-state index is 0.272. The molecule has 1 saturated heterocycles. The smallest absolute Gasteiger partial charge is 0.255 e. The average Bonchev–Trinajstić information content (AvgIpc) is 3.16. The molecule has 4 rings (SSSR count). The van der Waals surface area contributed by atoms with Gasteiger partial charge in [-0.15, -0.1) is 0 Å². The number of rotatable bonds is 3. The van der Waals surface area contributed by atoms with Gasteiger partial charge in [0.1, 0.15) is 13.2 Å². The molecule has 2 aliphatic heterocycles. The third-order valence-electron chi connectivity index (χ3n) is 4.51. The van der Waals surface area contributed by atoms with Crippen LogP contribution in [0.1, 0.15) is 23.2 Å². The molecule has 26 heavy (non-hydrogen) atoms. The molecule has 136 valence electrons. The molecule has 0 saturated carbocycles. The summed E-state index contributed by atoms with van der Waals surface area (Å²) < 4.78 is 11.0. The van der Waals surface area contributed by atoms with Crippen molar-refractivity contribution >= 4 is 40.5 Å². The molecule has 0 aliphatic carbocycles. The van der Waals surface area contributed by atoms with Crippen molar-refractivity contribution in [2.24, 2.45) is 0 Å². The molecular formula is C19H18Cl2N2O3. The molecule has 2 aromatic rings. The van der Waals surface area contributed by atoms with Gasteiger partial charge in [-0.3, -0.25) is 4.79 Å². The number of carbonyl (C=O) groups is 1. The fraction of sp³-hybridized carbons (Fsp3) is 0.316. The lowest BCUT2D eigenvalue weighted by Gasteiger charge is -2.22. The normalized spacial score (nSPS) is 15.8. The van der Waals surface area contributed by atoms with Crippen LogP contribution in [0.25, 0.3) is 0 Å². The molecule has 2 aliphatic rings. The molecule has 7 heteroatoms. The Kier molecular flexibility index (Phi) is 4.83. The summed E-state index contributed by atoms with van der Waals surface area (Å²) in [6, 6.07) is 8.79. The maximum absolute atomic E-state index is 12.8. The van der Waals surface area contributed by atoms with E-state index in [0.29, 0.717) is 46.0 Å². The molecule has 0 atom stereocenters. The first kappa shape index (κ1) is 17.3. The second kappa shape index (κ2) is 7.25. The molecule has 0 unspecified atom stereocenters. The molecule has 1 fully saturated rings. The zero-order valence-corrected chi connectivity index (χ0v) is 15.6. The monoisotopic (exact) mass is 392 g/mol. The lowest BCUT2D eigenvalue weighted by molar-refractivity contribution is 0.102. The molecule has 0 radical (unpaired) electrons. The van der Waals surface area contributed by atoms with Crippen LogP contribution in [0.2, 0.25) is 10.0 Å². The summed E-state index contributed by atoms with van der Waals surface area (Å²) in [6.45, 7) is 2.82. The maximum Gasteiger partial charge on any atom is 0.255 e. The quantitative estimate of drug-likeness (QED) is 0.827. The van der Waals surface area contributed by atoms with Crippen molar-refractivity contribution in [3.63, 3.8) is 0 Å². The van der Waals surface area contributed by atoms with Crippen molar-refractivity contribution in [3.05, 3.63) is 45.9 Å². The molecule has 0 aromatic heterocycles. The molecule has 5 nitrogen and oxygen atoms in total. The van der Waals surface area contributed by atoms with Gasteiger partial charge in [0.15, 0.2) is 11.5 Å². The number of amides is 1. The number of ether oxygens (including phenoxy) is 2. The highest BCUT2D eigenvalue weighted by Gasteiger charge is 2.21. The largest absolute Gasteiger partial charge is 0.486 e. The third-order valence-corrected chi connectivity index (χ3v) is 5.03. The number of fused-ring (bicyclic) bond motifs is 1. The van der Waals surface area contributed by atoms with Gasteiger partial charge >= 0.3 is 0 Å². The summed E-state index contributed by atoms with van der Waals surface area (Å²) in [6.07, 6.45) is 2.29. The molecule has 2 heterocycles. The minimum Gasteiger partial charge on any atom is -0.486 e. The Morgan fingerprint density at radius 3 is 2.62 bits per heavy atom. The van der Waals surface area contributed by atoms with E-state index >= 15 is 0 Å². The van der Waals surface area contributed by atoms with Gasteiger partial charge in [-0.25, -0.2) is 0 Å². The number of hydrogen-bond donors (Lipinski definition) is 1. The van der Waals surface area contributed by atoms with Gasteiger partial charge in [-0.2, -0.15) is 0 Å². The van der Waals surface area contributed by atoms with Crippen LogP contribution >= 0.6 is 23.2 Å². The van der Waals surface area contributed by atoms with Crippen molar-refractivity contribution in [2.45, 2.75) is 12.8 Å². The summed E-state index contributed by atoms with van der Waals surface area (Å²) in [5.74, 6) is 0.696. The average molecular weight is 393 g/mol. The predicted octanol–water partition coefficient (Wildman–Crippen LogP) is 4.62. The molecule has 1 N–H and O–H groups in total. The van der Waals surface area contributed by atoms with Crippen LogP contribution in [-0.2, 0) is 0 Å². The molecule has 0 spiro atoms. The lowest BCUT2D eigenvalue weighted by Crippen LogP contribution is -2.21. The maximum atomic E-state index is 12.8. The van der Waals surface area contributed by atoms with Gasteiger partial charge in [0.2, 0.25) is 0 Å². The van der Waals surface area contributed by atoms with Crippen molar-refractivity contribution in [3.8, 4) is 11.5 Å². The van der Waals surface area contributed by atoms with E-state index in [1.54, 1.807) is 18.2 Å². The van der Waals surface area contributed by atoms with Crippen LogP contribution in [0.5, 0.6) is 11.5 Å². The Bertz CT molecular complexity index is 851. The molecule has 0 bridgehead atoms. The minimum atomic E-state index is -0.272. The number of anilines is 2. The van der Waals surface area contributed by atoms with E-state index in [1.165, 1.54) is 0 Å². The van der Waals surface area contributed by atoms with E-state index in [9.17, 15) is 4.79 Å². The van der Waals surface area contributed by atoms with E-state index in [4.69, 9.17) is 32.7 Å². The van der Waals surface area contributed by atoms with Crippen molar-refractivity contribution in [2.75, 3.05) is 36.5 Å². The first-order valence-electron chi connectivity index (χ1n) is 8.57. The molecular weight excluding hydrogens is 375 g/mol. The Morgan fingerprint density at radius 1 is 1.04 bits per heavy atom. The second-order valence-electron chi connectivity index (χ2n) is 6.29. The Labute approximate surface area is 161 Å². The van der Waals surface area contributed by atoms with Crippen LogP contribution in [0.3, 0.4) is 0 Å². The van der Waals surface area contributed by atoms with Crippen molar-refractivity contribution in [1.29, 1.82) is 0 Å². The first-order valence-corrected chi connectivity index (χ1v) is 9.32. The van der Waals surface area contributed by atoms with Crippen LogP contribution in [0.4, 0.5) is 11.4 Å². The summed E-state index contributed by atoms with van der Waals surface area (Å²) in [7, 11) is 0. The highest BCUT2D eigenvalue weighted by molar-refractivity contribution is 6.33. The third kappa shape index (κ3) is 3.41. The lowest BCUT2D eigenvalue weighted by atomic mass is 10.1. The molecule has 1 amide bonds. The second-order valence-corrected chi connectivity index (χ2v) is 7.14. The van der Waals surface area contributed by atoms with Crippen LogP contribution in [0, 0.1) is 0 Å². The number of nitrogens with one attached hydrogen (secondary N) is 1. The van der Waals surface area contributed by atoms with E-state index < -0.39 is 0 Å². The van der Waals surface area contributed by atoms with E-state index in [2.05, 4.69) is 10.2 Å². The van der Waals surface area contributed by atoms with Gasteiger partial charge in [-0.1, -0.05) is 23.2 Å². The highest BCUT2D eigenvalue weighted by atomic mass is 35.5. The number of carbonyl (C=O) groups excluding carboxylic acids is 1. The summed E-state index contributed by atoms with van der Waals surface area (Å²) in [4.78, 5) is 15.1. The topological polar surface area (TPSA) is 50.8 Å². The van der Waals surface area contributed by atoms with E-state index in [1.807, 2.05) is 12.1 Å². The Morgan fingerprint density at radius 2 is 1.81 bits per heavy atom. The van der Waals surface area contributed by atoms with Crippen molar-refractivity contribution in [1.82, 2.24) is 0 Å². The van der Waals surface area contributed by atoms with Gasteiger partial charge < -0.3 is 19.7 Å². The van der Waals surface area contributed by atoms with E-state index in [0.717, 1.165) is 31.6 Å². The summed E-state index contributed by atoms with van der Waals surface area (Å²) >= 11 is 12.4. The van der Waals surface area contributed by atoms with Crippen LogP contribution in [-0.4, -0.2) is 32.2 Å². The summed E-state index contributed by atoms with van der Waals surface area (Å²) in [5, 5.41) is 3.89. The number of nitrogens with zero attached hydrogens (tertiary/aromatic N) is 1. The number of benzene rings is 2. The predicted molar refractivity (Wildman–Crippen MR) is 103 cm³/mol. The van der Waals surface area contributed by atoms with E-state index in [-0.39, 0.29) is 5.91 Å². The van der Waals surface area contributed by atoms with Gasteiger partial charge in [0.25, 0.3) is 5.91 Å². The zero-order chi connectivity index (χ0) is 18.1. The van der Waals surface area contributed by atoms with Crippen LogP contribution < -0.4 is 19.7 Å². The first-order chi connectivity index (χ1) is 12.6. The SMILES string of the molecule is O=C(Nc1cc(Cl)ccc1N1CCCC1)c1cc(Cl)c2c(c1)OCCO2. The fourth-order valence-electron chi connectivity index (χ4n) is 3.28. The number of halogens is 2. The standard InChI is InChI=1S/C19H18Cl2N2O3/c20-13-3-4-16(23-5-1-2-6-23)15(11-13)22-19(24)12-9-14(21)18-17(10-12)25-7-8-26-18/h3-4,9-11H,1-2,5-8H2,(H,22,24). The zero-order valence-electron chi connectivity index (χ0n) is 14.1. The van der Waals surface area contributed by atoms with Crippen molar-refractivity contribution < 1.29 is 14.3 Å². The fourth-order valence-corrected chi connectivity index (χ4v) is 3.72. The summed E-state index contributed by atoms with van der Waals surface area (Å²) in [5.41, 5.74) is 2.07. The van der Waals surface area contributed by atoms with Gasteiger partial charge in [0.05, 0.1) is 16.4 Å². The Hall–Kier alpha value is -2.11. The molecule has 2 aromatic carbocycles. The van der Waals surface area contributed by atoms with Gasteiger partial charge in [-0.05, 0) is 43.2 Å². The Balaban J connectivity index is 1.62. The van der Waals surface area contributed by atoms with Gasteiger partial charge in [0, 0.05) is 23.7 Å². The highest BCUT2D eigenvalue weighted by Crippen LogP contribution is 2.39. The number of hydrogen-bond acceptors (Lipinski definition) is 4. The van der Waals surface area contributed by atoms with Crippen LogP contribution in [0.15, 0.2) is 30.3 Å².